The van der Waals surface area contributed by atoms with Crippen LogP contribution in [0.3, 0.4) is 0 Å². The lowest BCUT2D eigenvalue weighted by Crippen LogP contribution is -2.28. The molecule has 0 aliphatic heterocycles. The quantitative estimate of drug-likeness (QED) is 0.491. The molecule has 3 atom stereocenters. The Morgan fingerprint density at radius 1 is 1.32 bits per heavy atom. The molecule has 9 nitrogen and oxygen atoms in total. The number of nitrogens with one attached hydrogen (secondary N) is 4. The average molecular weight is 448 g/mol. The molecule has 1 aliphatic rings. The van der Waals surface area contributed by atoms with Crippen molar-refractivity contribution in [3.05, 3.63) is 41.6 Å². The van der Waals surface area contributed by atoms with E-state index in [1.54, 1.807) is 30.3 Å². The van der Waals surface area contributed by atoms with Crippen molar-refractivity contribution in [2.45, 2.75) is 55.9 Å². The summed E-state index contributed by atoms with van der Waals surface area (Å²) >= 11 is 0. The Labute approximate surface area is 182 Å². The van der Waals surface area contributed by atoms with Crippen molar-refractivity contribution in [2.75, 3.05) is 18.1 Å². The van der Waals surface area contributed by atoms with Crippen LogP contribution in [0.4, 0.5) is 10.6 Å². The monoisotopic (exact) mass is 447 g/mol. The number of alkyl carbamates (subject to hydrolysis) is 1. The Morgan fingerprint density at radius 3 is 2.84 bits per heavy atom. The van der Waals surface area contributed by atoms with Gasteiger partial charge in [0, 0.05) is 30.5 Å². The van der Waals surface area contributed by atoms with Gasteiger partial charge in [-0.1, -0.05) is 25.1 Å². The lowest BCUT2D eigenvalue weighted by molar-refractivity contribution is -0.115. The number of carbonyl (C=O) groups is 2. The number of hydrogen-bond acceptors (Lipinski definition) is 6. The molecule has 168 valence electrons. The van der Waals surface area contributed by atoms with Gasteiger partial charge in [-0.2, -0.15) is 5.10 Å². The van der Waals surface area contributed by atoms with Crippen molar-refractivity contribution in [3.63, 3.8) is 0 Å². The number of amides is 2. The van der Waals surface area contributed by atoms with Crippen molar-refractivity contribution < 1.29 is 18.5 Å². The first kappa shape index (κ1) is 22.8. The fourth-order valence-electron chi connectivity index (χ4n) is 3.75. The van der Waals surface area contributed by atoms with E-state index < -0.39 is 9.73 Å². The van der Waals surface area contributed by atoms with Crippen LogP contribution in [0.25, 0.3) is 0 Å². The van der Waals surface area contributed by atoms with Gasteiger partial charge in [-0.3, -0.25) is 9.89 Å². The first-order valence-corrected chi connectivity index (χ1v) is 12.3. The van der Waals surface area contributed by atoms with E-state index in [0.717, 1.165) is 25.0 Å². The molecule has 1 heterocycles. The molecule has 1 aliphatic carbocycles. The van der Waals surface area contributed by atoms with E-state index in [-0.39, 0.29) is 30.4 Å². The maximum atomic E-state index is 12.5. The van der Waals surface area contributed by atoms with E-state index in [0.29, 0.717) is 29.2 Å². The molecular formula is C21H29N5O4S. The van der Waals surface area contributed by atoms with Crippen molar-refractivity contribution in [1.82, 2.24) is 15.5 Å². The highest BCUT2D eigenvalue weighted by molar-refractivity contribution is 7.91. The van der Waals surface area contributed by atoms with Crippen LogP contribution in [0.2, 0.25) is 0 Å². The summed E-state index contributed by atoms with van der Waals surface area (Å²) in [6.45, 7) is 2.58. The van der Waals surface area contributed by atoms with E-state index in [4.69, 9.17) is 9.52 Å². The SMILES string of the molecule is CCCNC(=O)O[C@@H]1CC[C@H](c2cc(NC(=O)Cc3ccccc3S(C)(=N)=O)n[nH]2)C1. The minimum Gasteiger partial charge on any atom is -0.446 e. The molecule has 2 aromatic rings. The number of benzene rings is 1. The first-order valence-electron chi connectivity index (χ1n) is 10.4. The third-order valence-electron chi connectivity index (χ3n) is 5.23. The number of aromatic amines is 1. The first-order chi connectivity index (χ1) is 14.8. The summed E-state index contributed by atoms with van der Waals surface area (Å²) in [6, 6.07) is 8.58. The molecule has 1 aromatic carbocycles. The second-order valence-corrected chi connectivity index (χ2v) is 9.98. The smallest absolute Gasteiger partial charge is 0.407 e. The number of rotatable bonds is 8. The third kappa shape index (κ3) is 6.30. The number of H-pyrrole nitrogens is 1. The molecule has 0 spiro atoms. The summed E-state index contributed by atoms with van der Waals surface area (Å²) in [5.74, 6) is 0.288. The van der Waals surface area contributed by atoms with E-state index in [1.165, 1.54) is 6.26 Å². The van der Waals surface area contributed by atoms with Gasteiger partial charge < -0.3 is 15.4 Å². The predicted octanol–water partition coefficient (Wildman–Crippen LogP) is 3.40. The van der Waals surface area contributed by atoms with Gasteiger partial charge in [-0.05, 0) is 37.3 Å². The van der Waals surface area contributed by atoms with Gasteiger partial charge in [0.1, 0.15) is 6.10 Å². The van der Waals surface area contributed by atoms with Crippen LogP contribution < -0.4 is 10.6 Å². The summed E-state index contributed by atoms with van der Waals surface area (Å²) in [5.41, 5.74) is 1.45. The Bertz CT molecular complexity index is 1030. The summed E-state index contributed by atoms with van der Waals surface area (Å²) in [4.78, 5) is 24.6. The van der Waals surface area contributed by atoms with Gasteiger partial charge in [0.2, 0.25) is 5.91 Å². The van der Waals surface area contributed by atoms with Crippen LogP contribution in [-0.2, 0) is 25.7 Å². The number of anilines is 1. The molecule has 0 saturated heterocycles. The summed E-state index contributed by atoms with van der Waals surface area (Å²) in [7, 11) is -2.92. The van der Waals surface area contributed by atoms with Crippen molar-refractivity contribution in [2.24, 2.45) is 0 Å². The largest absolute Gasteiger partial charge is 0.446 e. The van der Waals surface area contributed by atoms with Gasteiger partial charge in [0.25, 0.3) is 0 Å². The average Bonchev–Trinajstić information content (AvgIpc) is 3.35. The molecule has 3 rings (SSSR count). The third-order valence-corrected chi connectivity index (χ3v) is 6.46. The van der Waals surface area contributed by atoms with Gasteiger partial charge in [0.05, 0.1) is 21.0 Å². The normalized spacial score (nSPS) is 20.1. The van der Waals surface area contributed by atoms with Crippen LogP contribution in [0.5, 0.6) is 0 Å². The van der Waals surface area contributed by atoms with E-state index >= 15 is 0 Å². The molecule has 1 saturated carbocycles. The van der Waals surface area contributed by atoms with Gasteiger partial charge in [-0.25, -0.2) is 13.8 Å². The number of aromatic nitrogens is 2. The molecule has 4 N–H and O–H groups in total. The lowest BCUT2D eigenvalue weighted by Gasteiger charge is -2.12. The Morgan fingerprint density at radius 2 is 2.10 bits per heavy atom. The fraction of sp³-hybridized carbons (Fsp3) is 0.476. The number of nitrogens with zero attached hydrogens (tertiary/aromatic N) is 1. The van der Waals surface area contributed by atoms with Gasteiger partial charge in [-0.15, -0.1) is 0 Å². The molecule has 0 radical (unpaired) electrons. The Hall–Kier alpha value is -2.88. The number of carbonyl (C=O) groups excluding carboxylic acids is 2. The maximum Gasteiger partial charge on any atom is 0.407 e. The van der Waals surface area contributed by atoms with E-state index in [1.807, 2.05) is 6.92 Å². The molecule has 1 unspecified atom stereocenters. The highest BCUT2D eigenvalue weighted by Crippen LogP contribution is 2.35. The zero-order valence-corrected chi connectivity index (χ0v) is 18.6. The van der Waals surface area contributed by atoms with E-state index in [9.17, 15) is 13.8 Å². The highest BCUT2D eigenvalue weighted by Gasteiger charge is 2.30. The molecule has 1 fully saturated rings. The van der Waals surface area contributed by atoms with Crippen molar-refractivity contribution >= 4 is 27.5 Å². The molecule has 31 heavy (non-hydrogen) atoms. The zero-order chi connectivity index (χ0) is 22.4. The van der Waals surface area contributed by atoms with Crippen LogP contribution in [0.15, 0.2) is 35.2 Å². The minimum atomic E-state index is -2.92. The second kappa shape index (κ2) is 9.95. The second-order valence-electron chi connectivity index (χ2n) is 7.85. The Balaban J connectivity index is 1.55. The van der Waals surface area contributed by atoms with Crippen molar-refractivity contribution in [3.8, 4) is 0 Å². The van der Waals surface area contributed by atoms with Crippen molar-refractivity contribution in [1.29, 1.82) is 4.78 Å². The topological polar surface area (TPSA) is 137 Å². The number of hydrogen-bond donors (Lipinski definition) is 4. The number of ether oxygens (including phenoxy) is 1. The molecule has 1 aromatic heterocycles. The van der Waals surface area contributed by atoms with Crippen LogP contribution >= 0.6 is 0 Å². The van der Waals surface area contributed by atoms with Gasteiger partial charge in [0.15, 0.2) is 5.82 Å². The molecule has 2 amide bonds. The summed E-state index contributed by atoms with van der Waals surface area (Å²) in [6.07, 6.45) is 4.05. The molecule has 10 heteroatoms. The summed E-state index contributed by atoms with van der Waals surface area (Å²) < 4.78 is 25.4. The van der Waals surface area contributed by atoms with E-state index in [2.05, 4.69) is 20.8 Å². The van der Waals surface area contributed by atoms with Crippen LogP contribution in [0.1, 0.15) is 49.8 Å². The fourth-order valence-corrected chi connectivity index (χ4v) is 4.73. The molecular weight excluding hydrogens is 418 g/mol. The Kier molecular flexibility index (Phi) is 7.32. The highest BCUT2D eigenvalue weighted by atomic mass is 32.2. The minimum absolute atomic E-state index is 0.00823. The molecule has 0 bridgehead atoms. The summed E-state index contributed by atoms with van der Waals surface area (Å²) in [5, 5.41) is 12.6. The zero-order valence-electron chi connectivity index (χ0n) is 17.8. The van der Waals surface area contributed by atoms with Crippen LogP contribution in [-0.4, -0.2) is 45.3 Å². The van der Waals surface area contributed by atoms with Gasteiger partial charge >= 0.3 is 6.09 Å². The standard InChI is InChI=1S/C21H29N5O4S/c1-3-10-23-21(28)30-16-9-8-14(11-16)17-13-19(26-25-17)24-20(27)12-15-6-4-5-7-18(15)31(2,22)29/h4-7,13-14,16,22H,3,8-12H2,1-2H3,(H,23,28)(H2,24,25,26,27)/t14-,16+,31?/m0/s1. The van der Waals surface area contributed by atoms with Crippen LogP contribution in [0, 0.1) is 4.78 Å². The maximum absolute atomic E-state index is 12.5. The lowest BCUT2D eigenvalue weighted by atomic mass is 10.0. The predicted molar refractivity (Wildman–Crippen MR) is 118 cm³/mol.